The molecule has 4 aromatic rings. The van der Waals surface area contributed by atoms with E-state index in [1.807, 2.05) is 34.9 Å². The molecule has 170 valence electrons. The van der Waals surface area contributed by atoms with Crippen LogP contribution in [0.4, 0.5) is 26.1 Å². The Kier molecular flexibility index (Phi) is 6.14. The van der Waals surface area contributed by atoms with Crippen molar-refractivity contribution in [3.63, 3.8) is 0 Å². The summed E-state index contributed by atoms with van der Waals surface area (Å²) < 4.78 is 30.4. The normalized spacial score (nSPS) is 11.5. The molecule has 5 nitrogen and oxygen atoms in total. The summed E-state index contributed by atoms with van der Waals surface area (Å²) in [5.74, 6) is -2.61. The van der Waals surface area contributed by atoms with Crippen LogP contribution in [-0.2, 0) is 23.7 Å². The number of benzene rings is 3. The molecule has 7 heteroatoms. The van der Waals surface area contributed by atoms with E-state index < -0.39 is 5.92 Å². The molecule has 0 aliphatic rings. The van der Waals surface area contributed by atoms with E-state index in [0.717, 1.165) is 24.5 Å². The molecule has 1 amide bonds. The number of aromatic nitrogens is 2. The van der Waals surface area contributed by atoms with Gasteiger partial charge in [-0.2, -0.15) is 0 Å². The summed E-state index contributed by atoms with van der Waals surface area (Å²) >= 11 is 0. The van der Waals surface area contributed by atoms with Gasteiger partial charge in [0.15, 0.2) is 0 Å². The van der Waals surface area contributed by atoms with Crippen LogP contribution in [-0.4, -0.2) is 15.5 Å². The Morgan fingerprint density at radius 2 is 1.73 bits per heavy atom. The van der Waals surface area contributed by atoms with Gasteiger partial charge >= 0.3 is 0 Å². The van der Waals surface area contributed by atoms with Gasteiger partial charge in [0.2, 0.25) is 11.9 Å². The predicted octanol–water partition coefficient (Wildman–Crippen LogP) is 6.46. The summed E-state index contributed by atoms with van der Waals surface area (Å²) in [4.78, 5) is 16.2. The molecule has 33 heavy (non-hydrogen) atoms. The molecule has 0 unspecified atom stereocenters. The van der Waals surface area contributed by atoms with Crippen molar-refractivity contribution in [1.82, 2.24) is 9.55 Å². The van der Waals surface area contributed by atoms with Crippen LogP contribution in [0.3, 0.4) is 0 Å². The maximum absolute atomic E-state index is 14.3. The van der Waals surface area contributed by atoms with Gasteiger partial charge in [-0.3, -0.25) is 4.79 Å². The highest BCUT2D eigenvalue weighted by Gasteiger charge is 2.27. The van der Waals surface area contributed by atoms with E-state index in [1.165, 1.54) is 18.6 Å². The molecule has 0 bridgehead atoms. The number of aryl methyl sites for hydroxylation is 1. The number of nitrogens with zero attached hydrogens (tertiary/aromatic N) is 2. The van der Waals surface area contributed by atoms with Crippen molar-refractivity contribution in [3.8, 4) is 0 Å². The number of hydrogen-bond acceptors (Lipinski definition) is 3. The van der Waals surface area contributed by atoms with E-state index >= 15 is 0 Å². The van der Waals surface area contributed by atoms with Crippen LogP contribution in [0, 0.1) is 0 Å². The number of nitrogens with one attached hydrogen (secondary N) is 2. The predicted molar refractivity (Wildman–Crippen MR) is 128 cm³/mol. The minimum absolute atomic E-state index is 0.0139. The maximum atomic E-state index is 14.3. The lowest BCUT2D eigenvalue weighted by Gasteiger charge is -2.18. The second kappa shape index (κ2) is 9.02. The molecule has 0 fully saturated rings. The Balaban J connectivity index is 1.80. The fraction of sp³-hybridized carbons (Fsp3) is 0.231. The molecule has 0 aliphatic carbocycles. The van der Waals surface area contributed by atoms with Crippen molar-refractivity contribution in [2.45, 2.75) is 39.7 Å². The van der Waals surface area contributed by atoms with Gasteiger partial charge in [0, 0.05) is 30.8 Å². The van der Waals surface area contributed by atoms with E-state index in [4.69, 9.17) is 4.98 Å². The molecule has 1 aromatic heterocycles. The number of fused-ring (bicyclic) bond motifs is 1. The summed E-state index contributed by atoms with van der Waals surface area (Å²) in [6, 6.07) is 20.0. The second-order valence-electron chi connectivity index (χ2n) is 8.13. The zero-order valence-corrected chi connectivity index (χ0v) is 18.8. The Morgan fingerprint density at radius 3 is 2.39 bits per heavy atom. The standard InChI is InChI=1S/C26H26F2N4O/c1-4-18-9-11-20(12-10-18)30-25-31-23-15-21(29-17(2)33)13-14-24(23)32(25)16-19-7-5-6-8-22(19)26(3,27)28/h5-15H,4,16H2,1-3H3,(H,29,33)(H,30,31). The van der Waals surface area contributed by atoms with Crippen molar-refractivity contribution >= 4 is 34.3 Å². The number of anilines is 3. The first-order valence-electron chi connectivity index (χ1n) is 10.8. The van der Waals surface area contributed by atoms with Gasteiger partial charge < -0.3 is 15.2 Å². The highest BCUT2D eigenvalue weighted by molar-refractivity contribution is 5.92. The smallest absolute Gasteiger partial charge is 0.270 e. The number of imidazole rings is 1. The van der Waals surface area contributed by atoms with Crippen LogP contribution < -0.4 is 10.6 Å². The summed E-state index contributed by atoms with van der Waals surface area (Å²) in [5.41, 5.74) is 4.60. The Hall–Kier alpha value is -3.74. The summed E-state index contributed by atoms with van der Waals surface area (Å²) in [7, 11) is 0. The average molecular weight is 449 g/mol. The van der Waals surface area contributed by atoms with Crippen LogP contribution in [0.2, 0.25) is 0 Å². The Labute approximate surface area is 191 Å². The van der Waals surface area contributed by atoms with Crippen LogP contribution in [0.25, 0.3) is 11.0 Å². The zero-order chi connectivity index (χ0) is 23.6. The largest absolute Gasteiger partial charge is 0.326 e. The number of carbonyl (C=O) groups is 1. The second-order valence-corrected chi connectivity index (χ2v) is 8.13. The molecule has 4 rings (SSSR count). The number of hydrogen-bond donors (Lipinski definition) is 2. The molecule has 1 heterocycles. The van der Waals surface area contributed by atoms with Crippen LogP contribution in [0.1, 0.15) is 37.5 Å². The lowest BCUT2D eigenvalue weighted by Crippen LogP contribution is -2.14. The number of rotatable bonds is 7. The molecule has 0 radical (unpaired) electrons. The van der Waals surface area contributed by atoms with E-state index in [0.29, 0.717) is 22.7 Å². The van der Waals surface area contributed by atoms with Crippen LogP contribution in [0.5, 0.6) is 0 Å². The van der Waals surface area contributed by atoms with E-state index in [-0.39, 0.29) is 18.0 Å². The molecule has 0 aliphatic heterocycles. The molecule has 3 aromatic carbocycles. The molecular weight excluding hydrogens is 422 g/mol. The number of amides is 1. The van der Waals surface area contributed by atoms with Crippen molar-refractivity contribution in [2.24, 2.45) is 0 Å². The van der Waals surface area contributed by atoms with Gasteiger partial charge in [-0.1, -0.05) is 43.3 Å². The first kappa shape index (κ1) is 22.5. The van der Waals surface area contributed by atoms with Crippen molar-refractivity contribution in [2.75, 3.05) is 10.6 Å². The van der Waals surface area contributed by atoms with E-state index in [2.05, 4.69) is 17.6 Å². The summed E-state index contributed by atoms with van der Waals surface area (Å²) in [5, 5.41) is 6.09. The van der Waals surface area contributed by atoms with E-state index in [1.54, 1.807) is 30.3 Å². The van der Waals surface area contributed by atoms with Crippen LogP contribution >= 0.6 is 0 Å². The van der Waals surface area contributed by atoms with Gasteiger partial charge in [0.05, 0.1) is 17.6 Å². The first-order chi connectivity index (χ1) is 15.7. The zero-order valence-electron chi connectivity index (χ0n) is 18.8. The fourth-order valence-corrected chi connectivity index (χ4v) is 3.88. The van der Waals surface area contributed by atoms with Crippen LogP contribution in [0.15, 0.2) is 66.7 Å². The Morgan fingerprint density at radius 1 is 1.03 bits per heavy atom. The number of alkyl halides is 2. The number of carbonyl (C=O) groups excluding carboxylic acids is 1. The highest BCUT2D eigenvalue weighted by atomic mass is 19.3. The van der Waals surface area contributed by atoms with Gasteiger partial charge in [-0.25, -0.2) is 13.8 Å². The third kappa shape index (κ3) is 5.03. The monoisotopic (exact) mass is 448 g/mol. The fourth-order valence-electron chi connectivity index (χ4n) is 3.88. The quantitative estimate of drug-likeness (QED) is 0.341. The third-order valence-corrected chi connectivity index (χ3v) is 5.51. The maximum Gasteiger partial charge on any atom is 0.270 e. The molecule has 0 spiro atoms. The average Bonchev–Trinajstić information content (AvgIpc) is 3.09. The Bertz CT molecular complexity index is 1290. The van der Waals surface area contributed by atoms with E-state index in [9.17, 15) is 13.6 Å². The van der Waals surface area contributed by atoms with Crippen molar-refractivity contribution < 1.29 is 13.6 Å². The minimum Gasteiger partial charge on any atom is -0.326 e. The van der Waals surface area contributed by atoms with Gasteiger partial charge in [-0.15, -0.1) is 0 Å². The highest BCUT2D eigenvalue weighted by Crippen LogP contribution is 2.32. The molecular formula is C26H26F2N4O. The lowest BCUT2D eigenvalue weighted by atomic mass is 10.0. The van der Waals surface area contributed by atoms with Gasteiger partial charge in [0.25, 0.3) is 5.92 Å². The van der Waals surface area contributed by atoms with Crippen molar-refractivity contribution in [1.29, 1.82) is 0 Å². The molecule has 0 saturated heterocycles. The molecule has 2 N–H and O–H groups in total. The summed E-state index contributed by atoms with van der Waals surface area (Å²) in [6.07, 6.45) is 0.937. The number of halogens is 2. The summed E-state index contributed by atoms with van der Waals surface area (Å²) in [6.45, 7) is 4.66. The molecule has 0 atom stereocenters. The minimum atomic E-state index is -2.96. The van der Waals surface area contributed by atoms with Gasteiger partial charge in [-0.05, 0) is 47.9 Å². The lowest BCUT2D eigenvalue weighted by molar-refractivity contribution is -0.114. The third-order valence-electron chi connectivity index (χ3n) is 5.51. The molecule has 0 saturated carbocycles. The van der Waals surface area contributed by atoms with Crippen molar-refractivity contribution in [3.05, 3.63) is 83.4 Å². The SMILES string of the molecule is CCc1ccc(Nc2nc3cc(NC(C)=O)ccc3n2Cc2ccccc2C(C)(F)F)cc1. The van der Waals surface area contributed by atoms with Gasteiger partial charge in [0.1, 0.15) is 0 Å². The first-order valence-corrected chi connectivity index (χ1v) is 10.8. The topological polar surface area (TPSA) is 59.0 Å².